The van der Waals surface area contributed by atoms with E-state index in [9.17, 15) is 15.0 Å². The molecule has 0 amide bonds. The zero-order valence-electron chi connectivity index (χ0n) is 9.08. The highest BCUT2D eigenvalue weighted by molar-refractivity contribution is 5.95. The fourth-order valence-electron chi connectivity index (χ4n) is 1.54. The molecule has 2 aromatic rings. The SMILES string of the molecule is O=C(C[n+]1c(O)cccc1O)c1ccccc1. The number of aromatic nitrogens is 1. The number of hydrogen-bond donors (Lipinski definition) is 2. The molecule has 0 atom stereocenters. The van der Waals surface area contributed by atoms with Gasteiger partial charge in [-0.1, -0.05) is 30.3 Å². The fourth-order valence-corrected chi connectivity index (χ4v) is 1.54. The Bertz CT molecular complexity index is 517. The third kappa shape index (κ3) is 2.42. The molecule has 1 aromatic heterocycles. The van der Waals surface area contributed by atoms with Crippen LogP contribution in [-0.4, -0.2) is 16.0 Å². The first-order chi connectivity index (χ1) is 8.18. The predicted molar refractivity (Wildman–Crippen MR) is 60.7 cm³/mol. The van der Waals surface area contributed by atoms with Gasteiger partial charge in [-0.2, -0.15) is 0 Å². The molecule has 0 bridgehead atoms. The van der Waals surface area contributed by atoms with Crippen molar-refractivity contribution in [3.05, 3.63) is 54.1 Å². The number of ketones is 1. The van der Waals surface area contributed by atoms with Crippen molar-refractivity contribution in [3.8, 4) is 11.8 Å². The molecule has 0 saturated heterocycles. The minimum Gasteiger partial charge on any atom is -0.460 e. The van der Waals surface area contributed by atoms with Crippen molar-refractivity contribution < 1.29 is 19.6 Å². The summed E-state index contributed by atoms with van der Waals surface area (Å²) in [6, 6.07) is 13.1. The van der Waals surface area contributed by atoms with E-state index in [4.69, 9.17) is 0 Å². The highest BCUT2D eigenvalue weighted by Gasteiger charge is 2.19. The number of carbonyl (C=O) groups is 1. The summed E-state index contributed by atoms with van der Waals surface area (Å²) < 4.78 is 1.15. The van der Waals surface area contributed by atoms with Crippen LogP contribution in [-0.2, 0) is 6.54 Å². The van der Waals surface area contributed by atoms with Crippen LogP contribution in [0.2, 0.25) is 0 Å². The molecule has 0 aliphatic heterocycles. The molecule has 2 N–H and O–H groups in total. The molecule has 0 unspecified atom stereocenters. The number of carbonyl (C=O) groups excluding carboxylic acids is 1. The van der Waals surface area contributed by atoms with E-state index in [1.54, 1.807) is 24.3 Å². The van der Waals surface area contributed by atoms with Crippen molar-refractivity contribution in [2.45, 2.75) is 6.54 Å². The van der Waals surface area contributed by atoms with Crippen molar-refractivity contribution in [2.24, 2.45) is 0 Å². The number of pyridine rings is 1. The largest absolute Gasteiger partial charge is 0.460 e. The van der Waals surface area contributed by atoms with Crippen LogP contribution in [0.25, 0.3) is 0 Å². The van der Waals surface area contributed by atoms with Gasteiger partial charge in [-0.3, -0.25) is 4.79 Å². The van der Waals surface area contributed by atoms with Gasteiger partial charge >= 0.3 is 11.8 Å². The lowest BCUT2D eigenvalue weighted by Gasteiger charge is -2.00. The quantitative estimate of drug-likeness (QED) is 0.616. The molecule has 4 nitrogen and oxygen atoms in total. The van der Waals surface area contributed by atoms with Crippen molar-refractivity contribution in [1.82, 2.24) is 0 Å². The number of hydrogen-bond acceptors (Lipinski definition) is 3. The topological polar surface area (TPSA) is 61.4 Å². The first-order valence-corrected chi connectivity index (χ1v) is 5.17. The molecule has 0 radical (unpaired) electrons. The van der Waals surface area contributed by atoms with Crippen LogP contribution in [0.3, 0.4) is 0 Å². The summed E-state index contributed by atoms with van der Waals surface area (Å²) in [5.41, 5.74) is 0.544. The van der Waals surface area contributed by atoms with Crippen LogP contribution in [0.4, 0.5) is 0 Å². The fraction of sp³-hybridized carbons (Fsp3) is 0.0769. The number of Topliss-reactive ketones (excluding diaryl/α,β-unsaturated/α-hetero) is 1. The molecule has 86 valence electrons. The second kappa shape index (κ2) is 4.65. The lowest BCUT2D eigenvalue weighted by atomic mass is 10.1. The van der Waals surface area contributed by atoms with Crippen molar-refractivity contribution in [2.75, 3.05) is 0 Å². The normalized spacial score (nSPS) is 10.1. The van der Waals surface area contributed by atoms with Gasteiger partial charge in [0.1, 0.15) is 0 Å². The maximum atomic E-state index is 11.9. The summed E-state index contributed by atoms with van der Waals surface area (Å²) in [5.74, 6) is -0.462. The standard InChI is InChI=1S/C13H11NO3/c15-11(10-5-2-1-3-6-10)9-14-12(16)7-4-8-13(14)17/h1-8H,9H2,(H,16,17)/p+1. The average molecular weight is 230 g/mol. The van der Waals surface area contributed by atoms with Gasteiger partial charge in [0, 0.05) is 5.56 Å². The van der Waals surface area contributed by atoms with Crippen molar-refractivity contribution in [1.29, 1.82) is 0 Å². The summed E-state index contributed by atoms with van der Waals surface area (Å²) in [7, 11) is 0. The molecule has 0 spiro atoms. The van der Waals surface area contributed by atoms with Gasteiger partial charge in [-0.05, 0) is 6.07 Å². The van der Waals surface area contributed by atoms with E-state index in [0.717, 1.165) is 4.57 Å². The lowest BCUT2D eigenvalue weighted by Crippen LogP contribution is -2.38. The zero-order chi connectivity index (χ0) is 12.3. The smallest absolute Gasteiger partial charge is 0.368 e. The predicted octanol–water partition coefficient (Wildman–Crippen LogP) is 1.27. The van der Waals surface area contributed by atoms with Crippen LogP contribution in [0, 0.1) is 0 Å². The second-order valence-electron chi connectivity index (χ2n) is 3.62. The molecule has 2 rings (SSSR count). The minimum atomic E-state index is -0.174. The molecule has 1 aromatic carbocycles. The third-order valence-electron chi connectivity index (χ3n) is 2.44. The van der Waals surface area contributed by atoms with E-state index >= 15 is 0 Å². The van der Waals surface area contributed by atoms with Crippen LogP contribution in [0.15, 0.2) is 48.5 Å². The first kappa shape index (κ1) is 11.1. The molecule has 1 heterocycles. The monoisotopic (exact) mass is 230 g/mol. The molecule has 17 heavy (non-hydrogen) atoms. The van der Waals surface area contributed by atoms with Gasteiger partial charge < -0.3 is 10.2 Å². The van der Waals surface area contributed by atoms with E-state index in [1.165, 1.54) is 18.2 Å². The van der Waals surface area contributed by atoms with Crippen molar-refractivity contribution in [3.63, 3.8) is 0 Å². The molecular formula is C13H12NO3+. The maximum Gasteiger partial charge on any atom is 0.368 e. The Morgan fingerprint density at radius 2 is 1.53 bits per heavy atom. The highest BCUT2D eigenvalue weighted by Crippen LogP contribution is 2.09. The molecule has 4 heteroatoms. The van der Waals surface area contributed by atoms with Gasteiger partial charge in [-0.25, -0.2) is 0 Å². The summed E-state index contributed by atoms with van der Waals surface area (Å²) in [4.78, 5) is 11.9. The Labute approximate surface area is 98.4 Å². The van der Waals surface area contributed by atoms with Crippen LogP contribution < -0.4 is 4.57 Å². The number of benzene rings is 1. The van der Waals surface area contributed by atoms with Gasteiger partial charge in [-0.15, -0.1) is 4.57 Å². The lowest BCUT2D eigenvalue weighted by molar-refractivity contribution is -0.694. The van der Waals surface area contributed by atoms with Gasteiger partial charge in [0.25, 0.3) is 0 Å². The molecule has 0 aliphatic carbocycles. The summed E-state index contributed by atoms with van der Waals surface area (Å²) in [5, 5.41) is 19.1. The minimum absolute atomic E-state index is 0.0947. The van der Waals surface area contributed by atoms with Crippen LogP contribution in [0.1, 0.15) is 10.4 Å². The Kier molecular flexibility index (Phi) is 3.05. The Balaban J connectivity index is 2.25. The van der Waals surface area contributed by atoms with Gasteiger partial charge in [0.15, 0.2) is 0 Å². The first-order valence-electron chi connectivity index (χ1n) is 5.17. The summed E-state index contributed by atoms with van der Waals surface area (Å²) in [6.45, 7) is -0.0947. The van der Waals surface area contributed by atoms with E-state index in [-0.39, 0.29) is 24.1 Å². The Hall–Kier alpha value is -2.36. The number of aromatic hydroxyl groups is 2. The molecular weight excluding hydrogens is 218 g/mol. The van der Waals surface area contributed by atoms with Crippen LogP contribution >= 0.6 is 0 Å². The summed E-state index contributed by atoms with van der Waals surface area (Å²) >= 11 is 0. The average Bonchev–Trinajstić information content (AvgIpc) is 2.35. The molecule has 0 fully saturated rings. The zero-order valence-corrected chi connectivity index (χ0v) is 9.08. The highest BCUT2D eigenvalue weighted by atomic mass is 16.3. The van der Waals surface area contributed by atoms with Gasteiger partial charge in [0.2, 0.25) is 12.3 Å². The second-order valence-corrected chi connectivity index (χ2v) is 3.62. The number of nitrogens with zero attached hydrogens (tertiary/aromatic N) is 1. The van der Waals surface area contributed by atoms with E-state index in [1.807, 2.05) is 6.07 Å². The Morgan fingerprint density at radius 3 is 2.12 bits per heavy atom. The van der Waals surface area contributed by atoms with E-state index in [0.29, 0.717) is 5.56 Å². The Morgan fingerprint density at radius 1 is 0.941 bits per heavy atom. The number of rotatable bonds is 3. The van der Waals surface area contributed by atoms with Crippen LogP contribution in [0.5, 0.6) is 11.8 Å². The van der Waals surface area contributed by atoms with Gasteiger partial charge in [0.05, 0.1) is 12.1 Å². The molecule has 0 aliphatic rings. The van der Waals surface area contributed by atoms with Crippen molar-refractivity contribution >= 4 is 5.78 Å². The molecule has 0 saturated carbocycles. The summed E-state index contributed by atoms with van der Waals surface area (Å²) in [6.07, 6.45) is 0. The third-order valence-corrected chi connectivity index (χ3v) is 2.44. The van der Waals surface area contributed by atoms with E-state index in [2.05, 4.69) is 0 Å². The van der Waals surface area contributed by atoms with E-state index < -0.39 is 0 Å². The maximum absolute atomic E-state index is 11.9.